The zero-order valence-corrected chi connectivity index (χ0v) is 11.3. The van der Waals surface area contributed by atoms with E-state index >= 15 is 0 Å². The summed E-state index contributed by atoms with van der Waals surface area (Å²) in [6.45, 7) is 4.97. The highest BCUT2D eigenvalue weighted by molar-refractivity contribution is 4.86. The zero-order chi connectivity index (χ0) is 12.6. The molecule has 4 nitrogen and oxygen atoms in total. The van der Waals surface area contributed by atoms with Gasteiger partial charge >= 0.3 is 0 Å². The van der Waals surface area contributed by atoms with Crippen molar-refractivity contribution in [2.45, 2.75) is 25.7 Å². The predicted octanol–water partition coefficient (Wildman–Crippen LogP) is 1.13. The molecule has 4 heteroatoms. The highest BCUT2D eigenvalue weighted by Crippen LogP contribution is 2.34. The molecule has 0 aromatic rings. The Morgan fingerprint density at radius 2 is 2.00 bits per heavy atom. The van der Waals surface area contributed by atoms with Gasteiger partial charge in [0.25, 0.3) is 0 Å². The summed E-state index contributed by atoms with van der Waals surface area (Å²) < 4.78 is 10.2. The fourth-order valence-electron chi connectivity index (χ4n) is 2.73. The number of hydrogen-bond acceptors (Lipinski definition) is 4. The Balaban J connectivity index is 2.40. The second kappa shape index (κ2) is 8.03. The first-order valence-electron chi connectivity index (χ1n) is 6.57. The lowest BCUT2D eigenvalue weighted by molar-refractivity contribution is 0.0103. The summed E-state index contributed by atoms with van der Waals surface area (Å²) in [7, 11) is 3.47. The molecule has 0 amide bonds. The number of aliphatic hydroxyl groups excluding tert-OH is 1. The molecule has 1 heterocycles. The molecule has 102 valence electrons. The van der Waals surface area contributed by atoms with Gasteiger partial charge in [0.2, 0.25) is 0 Å². The van der Waals surface area contributed by atoms with Crippen molar-refractivity contribution in [1.29, 1.82) is 0 Å². The quantitative estimate of drug-likeness (QED) is 0.651. The van der Waals surface area contributed by atoms with Crippen molar-refractivity contribution in [1.82, 2.24) is 4.90 Å². The summed E-state index contributed by atoms with van der Waals surface area (Å²) in [5.74, 6) is 0. The van der Waals surface area contributed by atoms with E-state index in [0.29, 0.717) is 6.61 Å². The van der Waals surface area contributed by atoms with E-state index < -0.39 is 0 Å². The van der Waals surface area contributed by atoms with E-state index in [1.807, 2.05) is 0 Å². The fourth-order valence-corrected chi connectivity index (χ4v) is 2.73. The molecule has 0 spiro atoms. The van der Waals surface area contributed by atoms with Crippen LogP contribution in [0.3, 0.4) is 0 Å². The van der Waals surface area contributed by atoms with Crippen LogP contribution < -0.4 is 0 Å². The number of likely N-dealkylation sites (tertiary alicyclic amines) is 1. The van der Waals surface area contributed by atoms with Crippen LogP contribution in [0.1, 0.15) is 25.7 Å². The Kier molecular flexibility index (Phi) is 7.04. The zero-order valence-electron chi connectivity index (χ0n) is 11.3. The first-order valence-corrected chi connectivity index (χ1v) is 6.57. The van der Waals surface area contributed by atoms with Gasteiger partial charge in [-0.2, -0.15) is 0 Å². The minimum atomic E-state index is 0.0878. The van der Waals surface area contributed by atoms with Gasteiger partial charge in [-0.25, -0.2) is 0 Å². The van der Waals surface area contributed by atoms with Gasteiger partial charge in [-0.1, -0.05) is 0 Å². The van der Waals surface area contributed by atoms with E-state index in [4.69, 9.17) is 9.47 Å². The Morgan fingerprint density at radius 3 is 2.65 bits per heavy atom. The molecule has 1 rings (SSSR count). The van der Waals surface area contributed by atoms with E-state index in [0.717, 1.165) is 52.1 Å². The van der Waals surface area contributed by atoms with Crippen LogP contribution in [0.25, 0.3) is 0 Å². The number of nitrogens with zero attached hydrogens (tertiary/aromatic N) is 1. The minimum absolute atomic E-state index is 0.0878. The molecule has 1 N–H and O–H groups in total. The van der Waals surface area contributed by atoms with Gasteiger partial charge in [0.15, 0.2) is 0 Å². The first kappa shape index (κ1) is 14.9. The van der Waals surface area contributed by atoms with Crippen LogP contribution in [0.15, 0.2) is 0 Å². The Hall–Kier alpha value is -0.160. The molecular formula is C13H27NO3. The van der Waals surface area contributed by atoms with Crippen molar-refractivity contribution < 1.29 is 14.6 Å². The lowest BCUT2D eigenvalue weighted by Gasteiger charge is -2.42. The number of aliphatic hydroxyl groups is 1. The molecule has 1 fully saturated rings. The normalized spacial score (nSPS) is 26.3. The summed E-state index contributed by atoms with van der Waals surface area (Å²) >= 11 is 0. The maximum Gasteiger partial charge on any atom is 0.0589 e. The second-order valence-electron chi connectivity index (χ2n) is 5.13. The Bertz CT molecular complexity index is 201. The topological polar surface area (TPSA) is 41.9 Å². The van der Waals surface area contributed by atoms with Crippen molar-refractivity contribution in [3.8, 4) is 0 Å². The second-order valence-corrected chi connectivity index (χ2v) is 5.13. The molecule has 17 heavy (non-hydrogen) atoms. The third-order valence-corrected chi connectivity index (χ3v) is 3.74. The highest BCUT2D eigenvalue weighted by atomic mass is 16.5. The van der Waals surface area contributed by atoms with Crippen LogP contribution in [-0.2, 0) is 9.47 Å². The smallest absolute Gasteiger partial charge is 0.0589 e. The van der Waals surface area contributed by atoms with Gasteiger partial charge in [0.05, 0.1) is 6.61 Å². The van der Waals surface area contributed by atoms with Gasteiger partial charge in [0.1, 0.15) is 0 Å². The van der Waals surface area contributed by atoms with E-state index in [2.05, 4.69) is 4.90 Å². The molecule has 0 bridgehead atoms. The predicted molar refractivity (Wildman–Crippen MR) is 68.2 cm³/mol. The number of piperidine rings is 1. The summed E-state index contributed by atoms with van der Waals surface area (Å²) in [5.41, 5.74) is 0.0878. The largest absolute Gasteiger partial charge is 0.396 e. The number of methoxy groups -OCH3 is 2. The standard InChI is InChI=1S/C13H27NO3/c1-16-9-4-6-13(12-15)5-3-7-14(11-13)8-10-17-2/h15H,3-12H2,1-2H3/t13-/m1/s1. The van der Waals surface area contributed by atoms with Crippen LogP contribution in [-0.4, -0.2) is 63.7 Å². The van der Waals surface area contributed by atoms with Crippen LogP contribution >= 0.6 is 0 Å². The third-order valence-electron chi connectivity index (χ3n) is 3.74. The molecule has 1 aliphatic rings. The van der Waals surface area contributed by atoms with Crippen LogP contribution in [0, 0.1) is 5.41 Å². The van der Waals surface area contributed by atoms with Crippen molar-refractivity contribution in [2.24, 2.45) is 5.41 Å². The van der Waals surface area contributed by atoms with Crippen molar-refractivity contribution in [3.05, 3.63) is 0 Å². The van der Waals surface area contributed by atoms with Crippen LogP contribution in [0.5, 0.6) is 0 Å². The number of hydrogen-bond donors (Lipinski definition) is 1. The molecule has 1 saturated heterocycles. The highest BCUT2D eigenvalue weighted by Gasteiger charge is 2.34. The summed E-state index contributed by atoms with van der Waals surface area (Å²) in [6, 6.07) is 0. The molecule has 0 aliphatic carbocycles. The molecule has 0 saturated carbocycles. The SMILES string of the molecule is COCCC[C@]1(CO)CCCN(CCOC)C1. The van der Waals surface area contributed by atoms with E-state index in [1.165, 1.54) is 6.42 Å². The fraction of sp³-hybridized carbons (Fsp3) is 1.00. The Morgan fingerprint density at radius 1 is 1.24 bits per heavy atom. The molecule has 0 aromatic heterocycles. The average Bonchev–Trinajstić information content (AvgIpc) is 2.37. The summed E-state index contributed by atoms with van der Waals surface area (Å²) in [4.78, 5) is 2.41. The molecule has 1 atom stereocenters. The summed E-state index contributed by atoms with van der Waals surface area (Å²) in [6.07, 6.45) is 4.41. The van der Waals surface area contributed by atoms with Crippen LogP contribution in [0.4, 0.5) is 0 Å². The van der Waals surface area contributed by atoms with Gasteiger partial charge in [-0.05, 0) is 32.2 Å². The first-order chi connectivity index (χ1) is 8.26. The van der Waals surface area contributed by atoms with Crippen LogP contribution in [0.2, 0.25) is 0 Å². The number of rotatable bonds is 8. The minimum Gasteiger partial charge on any atom is -0.396 e. The molecular weight excluding hydrogens is 218 g/mol. The summed E-state index contributed by atoms with van der Waals surface area (Å²) in [5, 5.41) is 9.69. The number of ether oxygens (including phenoxy) is 2. The maximum absolute atomic E-state index is 9.69. The van der Waals surface area contributed by atoms with Gasteiger partial charge in [-0.15, -0.1) is 0 Å². The molecule has 0 radical (unpaired) electrons. The Labute approximate surface area is 105 Å². The molecule has 0 unspecified atom stereocenters. The van der Waals surface area contributed by atoms with Crippen molar-refractivity contribution in [3.63, 3.8) is 0 Å². The van der Waals surface area contributed by atoms with Gasteiger partial charge in [-0.3, -0.25) is 0 Å². The van der Waals surface area contributed by atoms with Crippen molar-refractivity contribution >= 4 is 0 Å². The monoisotopic (exact) mass is 245 g/mol. The van der Waals surface area contributed by atoms with E-state index in [1.54, 1.807) is 14.2 Å². The molecule has 1 aliphatic heterocycles. The lowest BCUT2D eigenvalue weighted by atomic mass is 9.77. The average molecular weight is 245 g/mol. The van der Waals surface area contributed by atoms with Crippen molar-refractivity contribution in [2.75, 3.05) is 53.7 Å². The molecule has 0 aromatic carbocycles. The van der Waals surface area contributed by atoms with E-state index in [9.17, 15) is 5.11 Å². The maximum atomic E-state index is 9.69. The van der Waals surface area contributed by atoms with Gasteiger partial charge < -0.3 is 19.5 Å². The van der Waals surface area contributed by atoms with Gasteiger partial charge in [0, 0.05) is 45.9 Å². The third kappa shape index (κ3) is 4.92. The lowest BCUT2D eigenvalue weighted by Crippen LogP contribution is -2.46. The van der Waals surface area contributed by atoms with E-state index in [-0.39, 0.29) is 5.41 Å².